The molecular formula is C8H17N2. The molecule has 1 heterocycles. The molecule has 0 amide bonds. The lowest BCUT2D eigenvalue weighted by Gasteiger charge is -2.33. The molecule has 0 aromatic rings. The van der Waals surface area contributed by atoms with Gasteiger partial charge >= 0.3 is 0 Å². The minimum absolute atomic E-state index is 0.177. The molecule has 1 fully saturated rings. The molecular weight excluding hydrogens is 124 g/mol. The van der Waals surface area contributed by atoms with Crippen molar-refractivity contribution in [1.29, 1.82) is 0 Å². The second kappa shape index (κ2) is 3.35. The minimum atomic E-state index is 0.177. The van der Waals surface area contributed by atoms with Gasteiger partial charge in [-0.05, 0) is 33.2 Å². The van der Waals surface area contributed by atoms with E-state index in [1.54, 1.807) is 0 Å². The fourth-order valence-corrected chi connectivity index (χ4v) is 1.48. The van der Waals surface area contributed by atoms with Gasteiger partial charge in [-0.25, -0.2) is 0 Å². The van der Waals surface area contributed by atoms with Crippen LogP contribution in [0.15, 0.2) is 0 Å². The van der Waals surface area contributed by atoms with Crippen LogP contribution in [0.4, 0.5) is 0 Å². The first-order chi connectivity index (χ1) is 4.70. The molecule has 1 unspecified atom stereocenters. The van der Waals surface area contributed by atoms with Crippen LogP contribution < -0.4 is 5.73 Å². The third-order valence-electron chi connectivity index (χ3n) is 2.18. The summed E-state index contributed by atoms with van der Waals surface area (Å²) in [6.07, 6.45) is 2.32. The van der Waals surface area contributed by atoms with Gasteiger partial charge in [-0.15, -0.1) is 0 Å². The highest BCUT2D eigenvalue weighted by molar-refractivity contribution is 4.76. The van der Waals surface area contributed by atoms with Crippen molar-refractivity contribution in [3.63, 3.8) is 0 Å². The smallest absolute Gasteiger partial charge is 0.0340 e. The number of likely N-dealkylation sites (tertiary alicyclic amines) is 1. The van der Waals surface area contributed by atoms with Gasteiger partial charge in [0.25, 0.3) is 0 Å². The third kappa shape index (κ3) is 1.96. The number of nitrogens with zero attached hydrogens (tertiary/aromatic N) is 1. The summed E-state index contributed by atoms with van der Waals surface area (Å²) in [5, 5.41) is 0. The van der Waals surface area contributed by atoms with E-state index in [9.17, 15) is 0 Å². The number of hydrogen-bond donors (Lipinski definition) is 0. The second-order valence-electron chi connectivity index (χ2n) is 3.43. The summed E-state index contributed by atoms with van der Waals surface area (Å²) in [7, 11) is 0. The van der Waals surface area contributed by atoms with Crippen LogP contribution in [-0.4, -0.2) is 30.1 Å². The predicted octanol–water partition coefficient (Wildman–Crippen LogP) is 1.14. The molecule has 0 bridgehead atoms. The summed E-state index contributed by atoms with van der Waals surface area (Å²) >= 11 is 0. The molecule has 1 N–H and O–H groups in total. The van der Waals surface area contributed by atoms with E-state index in [1.807, 2.05) is 0 Å². The molecule has 1 aliphatic heterocycles. The number of rotatable bonds is 1. The van der Waals surface area contributed by atoms with Crippen LogP contribution >= 0.6 is 0 Å². The van der Waals surface area contributed by atoms with Crippen LogP contribution in [0.1, 0.15) is 26.7 Å². The zero-order valence-corrected chi connectivity index (χ0v) is 6.93. The Labute approximate surface area is 63.4 Å². The molecule has 0 saturated carbocycles. The summed E-state index contributed by atoms with van der Waals surface area (Å²) in [6, 6.07) is 0.810. The van der Waals surface area contributed by atoms with E-state index in [-0.39, 0.29) is 6.04 Å². The van der Waals surface area contributed by atoms with Crippen molar-refractivity contribution >= 4 is 0 Å². The maximum atomic E-state index is 7.55. The summed E-state index contributed by atoms with van der Waals surface area (Å²) in [6.45, 7) is 6.60. The Morgan fingerprint density at radius 3 is 2.60 bits per heavy atom. The summed E-state index contributed by atoms with van der Waals surface area (Å²) < 4.78 is 0. The maximum absolute atomic E-state index is 7.55. The molecule has 0 aromatic heterocycles. The molecule has 0 aliphatic carbocycles. The zero-order chi connectivity index (χ0) is 7.56. The first-order valence-corrected chi connectivity index (χ1v) is 4.15. The lowest BCUT2D eigenvalue weighted by Crippen LogP contribution is -2.42. The SMILES string of the molecule is CC(C)N1CCCC([NH])C1. The number of piperidine rings is 1. The second-order valence-corrected chi connectivity index (χ2v) is 3.43. The number of nitrogens with one attached hydrogen (secondary N) is 1. The van der Waals surface area contributed by atoms with E-state index in [1.165, 1.54) is 13.0 Å². The van der Waals surface area contributed by atoms with E-state index in [0.29, 0.717) is 6.04 Å². The molecule has 1 saturated heterocycles. The monoisotopic (exact) mass is 141 g/mol. The summed E-state index contributed by atoms with van der Waals surface area (Å²) in [4.78, 5) is 2.39. The van der Waals surface area contributed by atoms with Gasteiger partial charge < -0.3 is 0 Å². The maximum Gasteiger partial charge on any atom is 0.0340 e. The Morgan fingerprint density at radius 2 is 2.20 bits per heavy atom. The van der Waals surface area contributed by atoms with Crippen molar-refractivity contribution in [1.82, 2.24) is 10.6 Å². The van der Waals surface area contributed by atoms with Gasteiger partial charge in [-0.3, -0.25) is 10.6 Å². The highest BCUT2D eigenvalue weighted by Crippen LogP contribution is 2.11. The predicted molar refractivity (Wildman–Crippen MR) is 42.8 cm³/mol. The van der Waals surface area contributed by atoms with Gasteiger partial charge in [0.1, 0.15) is 0 Å². The van der Waals surface area contributed by atoms with Crippen molar-refractivity contribution in [3.05, 3.63) is 0 Å². The van der Waals surface area contributed by atoms with Crippen molar-refractivity contribution in [2.45, 2.75) is 38.8 Å². The molecule has 1 aliphatic rings. The van der Waals surface area contributed by atoms with E-state index >= 15 is 0 Å². The Balaban J connectivity index is 2.32. The Bertz CT molecular complexity index is 101. The summed E-state index contributed by atoms with van der Waals surface area (Å²) in [5.74, 6) is 0. The fourth-order valence-electron chi connectivity index (χ4n) is 1.48. The third-order valence-corrected chi connectivity index (χ3v) is 2.18. The molecule has 0 aromatic carbocycles. The van der Waals surface area contributed by atoms with Crippen molar-refractivity contribution in [2.24, 2.45) is 0 Å². The highest BCUT2D eigenvalue weighted by atomic mass is 15.2. The molecule has 10 heavy (non-hydrogen) atoms. The average Bonchev–Trinajstić information content (AvgIpc) is 1.88. The van der Waals surface area contributed by atoms with Gasteiger partial charge in [0.05, 0.1) is 0 Å². The van der Waals surface area contributed by atoms with E-state index in [2.05, 4.69) is 18.7 Å². The minimum Gasteiger partial charge on any atom is -0.299 e. The van der Waals surface area contributed by atoms with Crippen molar-refractivity contribution in [3.8, 4) is 0 Å². The van der Waals surface area contributed by atoms with E-state index in [4.69, 9.17) is 5.73 Å². The highest BCUT2D eigenvalue weighted by Gasteiger charge is 2.18. The quantitative estimate of drug-likeness (QED) is 0.538. The molecule has 1 atom stereocenters. The molecule has 2 nitrogen and oxygen atoms in total. The average molecular weight is 141 g/mol. The Kier molecular flexibility index (Phi) is 2.69. The van der Waals surface area contributed by atoms with Crippen molar-refractivity contribution < 1.29 is 0 Å². The lowest BCUT2D eigenvalue weighted by molar-refractivity contribution is 0.166. The zero-order valence-electron chi connectivity index (χ0n) is 6.93. The van der Waals surface area contributed by atoms with Crippen molar-refractivity contribution in [2.75, 3.05) is 13.1 Å². The van der Waals surface area contributed by atoms with Gasteiger partial charge in [0, 0.05) is 18.6 Å². The van der Waals surface area contributed by atoms with E-state index in [0.717, 1.165) is 13.0 Å². The normalized spacial score (nSPS) is 29.4. The molecule has 59 valence electrons. The molecule has 1 radical (unpaired) electrons. The van der Waals surface area contributed by atoms with Gasteiger partial charge in [0.2, 0.25) is 0 Å². The molecule has 1 rings (SSSR count). The Morgan fingerprint density at radius 1 is 1.50 bits per heavy atom. The Hall–Kier alpha value is -0.0800. The van der Waals surface area contributed by atoms with Crippen LogP contribution in [0, 0.1) is 0 Å². The standard InChI is InChI=1S/C8H17N2/c1-7(2)10-5-3-4-8(9)6-10/h7-9H,3-6H2,1-2H3. The topological polar surface area (TPSA) is 27.0 Å². The first kappa shape index (κ1) is 8.02. The van der Waals surface area contributed by atoms with E-state index < -0.39 is 0 Å². The molecule has 0 spiro atoms. The largest absolute Gasteiger partial charge is 0.299 e. The number of hydrogen-bond acceptors (Lipinski definition) is 1. The lowest BCUT2D eigenvalue weighted by atomic mass is 10.1. The van der Waals surface area contributed by atoms with Gasteiger partial charge in [-0.1, -0.05) is 0 Å². The van der Waals surface area contributed by atoms with Crippen LogP contribution in [-0.2, 0) is 0 Å². The van der Waals surface area contributed by atoms with Gasteiger partial charge in [-0.2, -0.15) is 0 Å². The first-order valence-electron chi connectivity index (χ1n) is 4.15. The van der Waals surface area contributed by atoms with Crippen LogP contribution in [0.2, 0.25) is 0 Å². The fraction of sp³-hybridized carbons (Fsp3) is 1.00. The summed E-state index contributed by atoms with van der Waals surface area (Å²) in [5.41, 5.74) is 7.55. The van der Waals surface area contributed by atoms with Crippen LogP contribution in [0.3, 0.4) is 0 Å². The molecule has 2 heteroatoms. The van der Waals surface area contributed by atoms with Gasteiger partial charge in [0.15, 0.2) is 0 Å². The van der Waals surface area contributed by atoms with Crippen LogP contribution in [0.25, 0.3) is 0 Å². The van der Waals surface area contributed by atoms with Crippen LogP contribution in [0.5, 0.6) is 0 Å².